The lowest BCUT2D eigenvalue weighted by molar-refractivity contribution is -0.117. The third kappa shape index (κ3) is 3.23. The number of benzene rings is 2. The summed E-state index contributed by atoms with van der Waals surface area (Å²) in [4.78, 5) is 23.6. The lowest BCUT2D eigenvalue weighted by Crippen LogP contribution is -2.14. The van der Waals surface area contributed by atoms with Crippen molar-refractivity contribution in [3.05, 3.63) is 65.5 Å². The fraction of sp³-hybridized carbons (Fsp3) is 0.222. The summed E-state index contributed by atoms with van der Waals surface area (Å²) in [7, 11) is 1.31. The maximum absolute atomic E-state index is 13.7. The van der Waals surface area contributed by atoms with Crippen LogP contribution < -0.4 is 5.32 Å². The highest BCUT2D eigenvalue weighted by Gasteiger charge is 2.45. The molecule has 0 heterocycles. The van der Waals surface area contributed by atoms with E-state index in [9.17, 15) is 14.0 Å². The number of nitrogens with one attached hydrogen (secondary N) is 1. The number of halogens is 1. The zero-order valence-electron chi connectivity index (χ0n) is 12.6. The molecule has 2 aromatic carbocycles. The molecule has 0 spiro atoms. The maximum Gasteiger partial charge on any atom is 0.337 e. The van der Waals surface area contributed by atoms with E-state index >= 15 is 0 Å². The second kappa shape index (κ2) is 6.20. The first-order valence-electron chi connectivity index (χ1n) is 7.34. The Bertz CT molecular complexity index is 742. The van der Waals surface area contributed by atoms with E-state index < -0.39 is 5.97 Å². The predicted octanol–water partition coefficient (Wildman–Crippen LogP) is 3.35. The predicted molar refractivity (Wildman–Crippen MR) is 83.7 cm³/mol. The Labute approximate surface area is 133 Å². The van der Waals surface area contributed by atoms with Gasteiger partial charge < -0.3 is 10.1 Å². The zero-order chi connectivity index (χ0) is 16.4. The topological polar surface area (TPSA) is 55.4 Å². The number of ether oxygens (including phenoxy) is 1. The number of rotatable bonds is 4. The van der Waals surface area contributed by atoms with Gasteiger partial charge in [-0.15, -0.1) is 0 Å². The van der Waals surface area contributed by atoms with Gasteiger partial charge in [0.1, 0.15) is 5.82 Å². The van der Waals surface area contributed by atoms with Gasteiger partial charge in [-0.2, -0.15) is 0 Å². The normalized spacial score (nSPS) is 19.0. The highest BCUT2D eigenvalue weighted by atomic mass is 19.1. The fourth-order valence-corrected chi connectivity index (χ4v) is 2.65. The molecule has 0 bridgehead atoms. The molecule has 0 radical (unpaired) electrons. The van der Waals surface area contributed by atoms with E-state index in [4.69, 9.17) is 0 Å². The van der Waals surface area contributed by atoms with Crippen LogP contribution in [0.1, 0.15) is 28.3 Å². The Kier molecular flexibility index (Phi) is 4.10. The Morgan fingerprint density at radius 1 is 1.13 bits per heavy atom. The van der Waals surface area contributed by atoms with E-state index in [1.54, 1.807) is 42.5 Å². The van der Waals surface area contributed by atoms with Gasteiger partial charge in [0.15, 0.2) is 0 Å². The molecule has 3 rings (SSSR count). The highest BCUT2D eigenvalue weighted by Crippen LogP contribution is 2.48. The number of hydrogen-bond acceptors (Lipinski definition) is 3. The summed E-state index contributed by atoms with van der Waals surface area (Å²) in [6.07, 6.45) is 0.646. The minimum atomic E-state index is -0.426. The van der Waals surface area contributed by atoms with E-state index in [2.05, 4.69) is 10.1 Å². The van der Waals surface area contributed by atoms with Crippen molar-refractivity contribution >= 4 is 17.6 Å². The van der Waals surface area contributed by atoms with Crippen molar-refractivity contribution in [1.29, 1.82) is 0 Å². The lowest BCUT2D eigenvalue weighted by atomic mass is 10.1. The highest BCUT2D eigenvalue weighted by molar-refractivity contribution is 5.96. The monoisotopic (exact) mass is 313 g/mol. The largest absolute Gasteiger partial charge is 0.465 e. The molecule has 2 atom stereocenters. The molecule has 5 heteroatoms. The van der Waals surface area contributed by atoms with Crippen LogP contribution in [-0.4, -0.2) is 19.0 Å². The van der Waals surface area contributed by atoms with Crippen LogP contribution in [0.5, 0.6) is 0 Å². The Morgan fingerprint density at radius 2 is 1.83 bits per heavy atom. The maximum atomic E-state index is 13.7. The van der Waals surface area contributed by atoms with E-state index in [0.717, 1.165) is 0 Å². The quantitative estimate of drug-likeness (QED) is 0.881. The average molecular weight is 313 g/mol. The minimum Gasteiger partial charge on any atom is -0.465 e. The molecule has 23 heavy (non-hydrogen) atoms. The third-order valence-electron chi connectivity index (χ3n) is 4.01. The SMILES string of the molecule is COC(=O)c1ccc(NC(=O)C2CC2c2ccccc2F)cc1. The average Bonchev–Trinajstić information content (AvgIpc) is 3.36. The molecular formula is C18H16FNO3. The van der Waals surface area contributed by atoms with Crippen LogP contribution in [0.15, 0.2) is 48.5 Å². The van der Waals surface area contributed by atoms with E-state index in [1.807, 2.05) is 0 Å². The zero-order valence-corrected chi connectivity index (χ0v) is 12.6. The molecular weight excluding hydrogens is 297 g/mol. The molecule has 1 aliphatic rings. The van der Waals surface area contributed by atoms with Gasteiger partial charge in [0.05, 0.1) is 12.7 Å². The second-order valence-electron chi connectivity index (χ2n) is 5.53. The van der Waals surface area contributed by atoms with Crippen LogP contribution in [0, 0.1) is 11.7 Å². The van der Waals surface area contributed by atoms with Crippen LogP contribution >= 0.6 is 0 Å². The number of methoxy groups -OCH3 is 1. The molecule has 1 saturated carbocycles. The number of anilines is 1. The number of esters is 1. The van der Waals surface area contributed by atoms with Crippen LogP contribution in [0.4, 0.5) is 10.1 Å². The minimum absolute atomic E-state index is 0.0643. The van der Waals surface area contributed by atoms with Crippen molar-refractivity contribution in [1.82, 2.24) is 0 Å². The van der Waals surface area contributed by atoms with Gasteiger partial charge in [0.2, 0.25) is 5.91 Å². The molecule has 1 fully saturated rings. The lowest BCUT2D eigenvalue weighted by Gasteiger charge is -2.06. The molecule has 1 N–H and O–H groups in total. The first-order valence-corrected chi connectivity index (χ1v) is 7.34. The molecule has 2 aromatic rings. The summed E-state index contributed by atoms with van der Waals surface area (Å²) >= 11 is 0. The molecule has 2 unspecified atom stereocenters. The molecule has 4 nitrogen and oxygen atoms in total. The Morgan fingerprint density at radius 3 is 2.48 bits per heavy atom. The second-order valence-corrected chi connectivity index (χ2v) is 5.53. The van der Waals surface area contributed by atoms with Gasteiger partial charge in [-0.3, -0.25) is 4.79 Å². The molecule has 0 saturated heterocycles. The van der Waals surface area contributed by atoms with Gasteiger partial charge in [0, 0.05) is 11.6 Å². The molecule has 118 valence electrons. The summed E-state index contributed by atoms with van der Waals surface area (Å²) in [5.41, 5.74) is 1.61. The van der Waals surface area contributed by atoms with E-state index in [-0.39, 0.29) is 23.6 Å². The summed E-state index contributed by atoms with van der Waals surface area (Å²) in [6.45, 7) is 0. The first kappa shape index (κ1) is 15.2. The Hall–Kier alpha value is -2.69. The molecule has 0 aliphatic heterocycles. The van der Waals surface area contributed by atoms with Gasteiger partial charge >= 0.3 is 5.97 Å². The number of carbonyl (C=O) groups is 2. The van der Waals surface area contributed by atoms with Gasteiger partial charge in [-0.25, -0.2) is 9.18 Å². The molecule has 1 aliphatic carbocycles. The van der Waals surface area contributed by atoms with Crippen LogP contribution in [0.2, 0.25) is 0 Å². The summed E-state index contributed by atoms with van der Waals surface area (Å²) < 4.78 is 18.3. The van der Waals surface area contributed by atoms with Crippen molar-refractivity contribution < 1.29 is 18.7 Å². The molecule has 0 aromatic heterocycles. The number of carbonyl (C=O) groups excluding carboxylic acids is 2. The summed E-state index contributed by atoms with van der Waals surface area (Å²) in [5.74, 6) is -1.11. The van der Waals surface area contributed by atoms with Crippen molar-refractivity contribution in [2.75, 3.05) is 12.4 Å². The van der Waals surface area contributed by atoms with Gasteiger partial charge in [0.25, 0.3) is 0 Å². The van der Waals surface area contributed by atoms with Crippen molar-refractivity contribution in [3.8, 4) is 0 Å². The number of amides is 1. The van der Waals surface area contributed by atoms with Crippen molar-refractivity contribution in [2.45, 2.75) is 12.3 Å². The smallest absolute Gasteiger partial charge is 0.337 e. The van der Waals surface area contributed by atoms with Crippen molar-refractivity contribution in [3.63, 3.8) is 0 Å². The van der Waals surface area contributed by atoms with E-state index in [0.29, 0.717) is 23.2 Å². The molecule has 1 amide bonds. The fourth-order valence-electron chi connectivity index (χ4n) is 2.65. The summed E-state index contributed by atoms with van der Waals surface area (Å²) in [5, 5.41) is 2.79. The van der Waals surface area contributed by atoms with Crippen LogP contribution in [0.25, 0.3) is 0 Å². The third-order valence-corrected chi connectivity index (χ3v) is 4.01. The van der Waals surface area contributed by atoms with E-state index in [1.165, 1.54) is 13.2 Å². The van der Waals surface area contributed by atoms with Gasteiger partial charge in [-0.1, -0.05) is 18.2 Å². The van der Waals surface area contributed by atoms with Crippen LogP contribution in [-0.2, 0) is 9.53 Å². The Balaban J connectivity index is 1.63. The standard InChI is InChI=1S/C18H16FNO3/c1-23-18(22)11-6-8-12(9-7-11)20-17(21)15-10-14(15)13-4-2-3-5-16(13)19/h2-9,14-15H,10H2,1H3,(H,20,21). The van der Waals surface area contributed by atoms with Crippen LogP contribution in [0.3, 0.4) is 0 Å². The summed E-state index contributed by atoms with van der Waals surface area (Å²) in [6, 6.07) is 13.0. The van der Waals surface area contributed by atoms with Crippen molar-refractivity contribution in [2.24, 2.45) is 5.92 Å². The first-order chi connectivity index (χ1) is 11.1. The van der Waals surface area contributed by atoms with Gasteiger partial charge in [-0.05, 0) is 48.2 Å². The number of hydrogen-bond donors (Lipinski definition) is 1.